The molecule has 3 aromatic rings. The van der Waals surface area contributed by atoms with Crippen molar-refractivity contribution in [2.45, 2.75) is 70.8 Å². The number of piperazine rings is 1. The first-order valence-electron chi connectivity index (χ1n) is 19.0. The highest BCUT2D eigenvalue weighted by Gasteiger charge is 2.51. The third kappa shape index (κ3) is 9.29. The molecule has 19 heteroatoms. The van der Waals surface area contributed by atoms with Crippen LogP contribution in [0.5, 0.6) is 5.75 Å². The van der Waals surface area contributed by atoms with E-state index in [4.69, 9.17) is 22.2 Å². The quantitative estimate of drug-likeness (QED) is 0.130. The molecule has 3 saturated heterocycles. The molecule has 3 fully saturated rings. The van der Waals surface area contributed by atoms with Crippen LogP contribution in [0.25, 0.3) is 0 Å². The van der Waals surface area contributed by atoms with Gasteiger partial charge in [0.2, 0.25) is 17.7 Å². The monoisotopic (exact) mass is 837 g/mol. The lowest BCUT2D eigenvalue weighted by molar-refractivity contribution is -0.138. The first kappa shape index (κ1) is 42.9. The van der Waals surface area contributed by atoms with E-state index in [9.17, 15) is 36.7 Å². The van der Waals surface area contributed by atoms with E-state index in [1.54, 1.807) is 43.9 Å². The number of nitrogens with zero attached hydrogens (tertiary/aromatic N) is 6. The van der Waals surface area contributed by atoms with Crippen LogP contribution in [-0.4, -0.2) is 100 Å². The van der Waals surface area contributed by atoms with Crippen molar-refractivity contribution in [3.05, 3.63) is 71.3 Å². The number of hydrogen-bond acceptors (Lipinski definition) is 11. The Morgan fingerprint density at radius 3 is 2.46 bits per heavy atom. The Kier molecular flexibility index (Phi) is 12.5. The summed E-state index contributed by atoms with van der Waals surface area (Å²) in [4.78, 5) is 61.0. The third-order valence-electron chi connectivity index (χ3n) is 10.6. The molecule has 6 rings (SSSR count). The van der Waals surface area contributed by atoms with Crippen LogP contribution in [0.15, 0.2) is 48.7 Å². The molecule has 14 nitrogen and oxygen atoms in total. The van der Waals surface area contributed by atoms with Gasteiger partial charge in [-0.2, -0.15) is 18.4 Å². The maximum atomic E-state index is 14.5. The number of nitriles is 1. The van der Waals surface area contributed by atoms with Crippen LogP contribution in [-0.2, 0) is 31.8 Å². The third-order valence-corrected chi connectivity index (χ3v) is 11.0. The van der Waals surface area contributed by atoms with Gasteiger partial charge in [0.05, 0.1) is 23.5 Å². The number of nitrogens with one attached hydrogen (secondary N) is 3. The molecule has 0 aliphatic carbocycles. The maximum Gasteiger partial charge on any atom is 0.419 e. The van der Waals surface area contributed by atoms with Gasteiger partial charge in [0, 0.05) is 56.2 Å². The number of ether oxygens (including phenoxy) is 1. The minimum atomic E-state index is -4.87. The second-order valence-electron chi connectivity index (χ2n) is 14.9. The summed E-state index contributed by atoms with van der Waals surface area (Å²) in [6, 6.07) is 10.2. The number of thiocarbonyl (C=S) groups is 1. The highest BCUT2D eigenvalue weighted by molar-refractivity contribution is 7.81. The van der Waals surface area contributed by atoms with Crippen molar-refractivity contribution >= 4 is 63.7 Å². The number of piperidine rings is 1. The van der Waals surface area contributed by atoms with Gasteiger partial charge in [0.15, 0.2) is 10.8 Å². The van der Waals surface area contributed by atoms with E-state index >= 15 is 0 Å². The van der Waals surface area contributed by atoms with Crippen molar-refractivity contribution in [3.8, 4) is 11.8 Å². The Bertz CT molecular complexity index is 2210. The average Bonchev–Trinajstić information content (AvgIpc) is 3.36. The second kappa shape index (κ2) is 17.3. The molecular weight excluding hydrogens is 795 g/mol. The van der Waals surface area contributed by atoms with Gasteiger partial charge in [-0.25, -0.2) is 9.37 Å². The fourth-order valence-electron chi connectivity index (χ4n) is 7.31. The molecule has 2 aromatic carbocycles. The topological polar surface area (TPSA) is 163 Å². The number of pyridine rings is 1. The minimum absolute atomic E-state index is 0.0382. The van der Waals surface area contributed by atoms with Crippen molar-refractivity contribution in [2.24, 2.45) is 0 Å². The number of halogens is 4. The Morgan fingerprint density at radius 1 is 1.08 bits per heavy atom. The van der Waals surface area contributed by atoms with E-state index in [-0.39, 0.29) is 41.1 Å². The van der Waals surface area contributed by atoms with Crippen LogP contribution >= 0.6 is 12.2 Å². The molecule has 1 aromatic heterocycles. The van der Waals surface area contributed by atoms with E-state index in [2.05, 4.69) is 25.8 Å². The molecule has 3 N–H and O–H groups in total. The number of carbonyl (C=O) groups excluding carboxylic acids is 4. The Morgan fingerprint density at radius 2 is 1.80 bits per heavy atom. The lowest BCUT2D eigenvalue weighted by atomic mass is 10.0. The highest BCUT2D eigenvalue weighted by Crippen LogP contribution is 2.40. The van der Waals surface area contributed by atoms with Gasteiger partial charge >= 0.3 is 6.18 Å². The van der Waals surface area contributed by atoms with E-state index in [0.717, 1.165) is 16.7 Å². The summed E-state index contributed by atoms with van der Waals surface area (Å²) in [5.41, 5.74) is -1.62. The van der Waals surface area contributed by atoms with Crippen molar-refractivity contribution in [2.75, 3.05) is 59.8 Å². The summed E-state index contributed by atoms with van der Waals surface area (Å²) in [5, 5.41) is 17.1. The normalized spacial score (nSPS) is 19.3. The molecule has 0 saturated carbocycles. The van der Waals surface area contributed by atoms with Crippen LogP contribution in [0.2, 0.25) is 0 Å². The van der Waals surface area contributed by atoms with Crippen LogP contribution in [0.3, 0.4) is 0 Å². The second-order valence-corrected chi connectivity index (χ2v) is 15.3. The van der Waals surface area contributed by atoms with E-state index in [1.165, 1.54) is 18.2 Å². The van der Waals surface area contributed by atoms with E-state index < -0.39 is 52.7 Å². The summed E-state index contributed by atoms with van der Waals surface area (Å²) in [6.45, 7) is 10.5. The Labute approximate surface area is 343 Å². The van der Waals surface area contributed by atoms with Gasteiger partial charge in [0.1, 0.15) is 35.8 Å². The van der Waals surface area contributed by atoms with Gasteiger partial charge in [-0.05, 0) is 93.9 Å². The van der Waals surface area contributed by atoms with Gasteiger partial charge in [-0.3, -0.25) is 39.2 Å². The number of imide groups is 1. The highest BCUT2D eigenvalue weighted by atomic mass is 32.1. The number of rotatable bonds is 12. The first-order valence-corrected chi connectivity index (χ1v) is 19.4. The predicted molar refractivity (Wildman–Crippen MR) is 214 cm³/mol. The molecule has 0 radical (unpaired) electrons. The first-order chi connectivity index (χ1) is 27.9. The number of amides is 4. The lowest BCUT2D eigenvalue weighted by Crippen LogP contribution is -2.53. The predicted octanol–water partition coefficient (Wildman–Crippen LogP) is 4.83. The Balaban J connectivity index is 1.02. The van der Waals surface area contributed by atoms with Crippen molar-refractivity contribution in [3.63, 3.8) is 0 Å². The molecule has 2 atom stereocenters. The Hall–Kier alpha value is -5.71. The average molecular weight is 838 g/mol. The van der Waals surface area contributed by atoms with Gasteiger partial charge in [0.25, 0.3) is 5.91 Å². The van der Waals surface area contributed by atoms with E-state index in [1.807, 2.05) is 17.9 Å². The van der Waals surface area contributed by atoms with Crippen LogP contribution < -0.4 is 30.5 Å². The number of carbonyl (C=O) groups is 4. The summed E-state index contributed by atoms with van der Waals surface area (Å²) < 4.78 is 61.9. The fraction of sp³-hybridized carbons (Fsp3) is 0.425. The number of hydrogen-bond donors (Lipinski definition) is 3. The fourth-order valence-corrected chi connectivity index (χ4v) is 7.83. The van der Waals surface area contributed by atoms with Crippen molar-refractivity contribution in [1.82, 2.24) is 20.1 Å². The number of alkyl halides is 3. The maximum absolute atomic E-state index is 14.5. The van der Waals surface area contributed by atoms with Gasteiger partial charge in [-0.15, -0.1) is 0 Å². The summed E-state index contributed by atoms with van der Waals surface area (Å²) >= 11 is 5.67. The zero-order valence-corrected chi connectivity index (χ0v) is 33.6. The van der Waals surface area contributed by atoms with Crippen LogP contribution in [0.4, 0.5) is 40.3 Å². The standard InChI is InChI=1S/C40H43F4N9O5S/c1-5-24-16-28(53-38(59)52(37(57)39(53,3)4)29-20-30(40(42,43)44)32(21-45)46-22-29)6-8-33(24)58-15-14-50-10-12-51(13-11-50)23(2)35(55)48-27-18-25(41)17-26(19-27)47-31-7-9-34(54)49-36(31)56/h6,8,16-20,22-23,31,47H,5,7,9-15H2,1-4H3,(H,48,55)(H,49,54,56)/t23-,31?/m1/s1. The van der Waals surface area contributed by atoms with Crippen LogP contribution in [0, 0.1) is 17.1 Å². The zero-order valence-electron chi connectivity index (χ0n) is 32.8. The molecule has 312 valence electrons. The van der Waals surface area contributed by atoms with Crippen LogP contribution in [0.1, 0.15) is 57.4 Å². The summed E-state index contributed by atoms with van der Waals surface area (Å²) in [5.74, 6) is -1.69. The number of aryl methyl sites for hydroxylation is 1. The number of benzene rings is 2. The molecule has 0 bridgehead atoms. The molecule has 3 aliphatic heterocycles. The van der Waals surface area contributed by atoms with Crippen molar-refractivity contribution in [1.29, 1.82) is 5.26 Å². The van der Waals surface area contributed by atoms with Gasteiger partial charge < -0.3 is 20.3 Å². The van der Waals surface area contributed by atoms with E-state index in [0.29, 0.717) is 68.9 Å². The molecule has 4 heterocycles. The molecule has 0 spiro atoms. The number of aromatic nitrogens is 1. The molecule has 59 heavy (non-hydrogen) atoms. The number of anilines is 4. The summed E-state index contributed by atoms with van der Waals surface area (Å²) in [6.07, 6.45) is -2.83. The minimum Gasteiger partial charge on any atom is -0.492 e. The lowest BCUT2D eigenvalue weighted by Gasteiger charge is -2.37. The molecule has 4 amide bonds. The largest absolute Gasteiger partial charge is 0.492 e. The molecular formula is C40H43F4N9O5S. The SMILES string of the molecule is CCc1cc(N2C(=S)N(c3cnc(C#N)c(C(F)(F)F)c3)C(=O)C2(C)C)ccc1OCCN1CCN([C@H](C)C(=O)Nc2cc(F)cc(NC3CCC(=O)NC3=O)c2)CC1. The summed E-state index contributed by atoms with van der Waals surface area (Å²) in [7, 11) is 0. The molecule has 1 unspecified atom stereocenters. The van der Waals surface area contributed by atoms with Crippen molar-refractivity contribution < 1.29 is 41.5 Å². The zero-order chi connectivity index (χ0) is 42.8. The smallest absolute Gasteiger partial charge is 0.419 e. The van der Waals surface area contributed by atoms with Gasteiger partial charge in [-0.1, -0.05) is 6.92 Å². The molecule has 3 aliphatic rings.